The molecule has 0 bridgehead atoms. The lowest BCUT2D eigenvalue weighted by molar-refractivity contribution is -0.120. The summed E-state index contributed by atoms with van der Waals surface area (Å²) in [5.41, 5.74) is 6.89. The number of hydrogen-bond donors (Lipinski definition) is 1. The number of imide groups is 1. The van der Waals surface area contributed by atoms with Crippen LogP contribution in [0.4, 0.5) is 11.4 Å². The van der Waals surface area contributed by atoms with Crippen LogP contribution in [0, 0.1) is 27.7 Å². The van der Waals surface area contributed by atoms with Crippen LogP contribution in [0.5, 0.6) is 5.75 Å². The smallest absolute Gasteiger partial charge is 0.282 e. The number of aryl methyl sites for hydroxylation is 4. The van der Waals surface area contributed by atoms with Gasteiger partial charge in [0, 0.05) is 5.69 Å². The highest BCUT2D eigenvalue weighted by Gasteiger charge is 2.40. The van der Waals surface area contributed by atoms with Crippen LogP contribution in [0.15, 0.2) is 66.4 Å². The first-order valence-corrected chi connectivity index (χ1v) is 11.1. The van der Waals surface area contributed by atoms with Crippen LogP contribution in [0.25, 0.3) is 5.57 Å². The fourth-order valence-corrected chi connectivity index (χ4v) is 3.99. The number of carbonyl (C=O) groups is 2. The molecular formula is C28H28N2O3. The third-order valence-electron chi connectivity index (χ3n) is 5.93. The Bertz CT molecular complexity index is 1270. The lowest BCUT2D eigenvalue weighted by Crippen LogP contribution is -2.32. The van der Waals surface area contributed by atoms with Gasteiger partial charge in [0.05, 0.1) is 17.9 Å². The van der Waals surface area contributed by atoms with E-state index in [0.717, 1.165) is 27.9 Å². The Morgan fingerprint density at radius 3 is 2.15 bits per heavy atom. The molecule has 3 aromatic carbocycles. The fourth-order valence-electron chi connectivity index (χ4n) is 3.99. The topological polar surface area (TPSA) is 58.6 Å². The minimum absolute atomic E-state index is 0.273. The van der Waals surface area contributed by atoms with E-state index in [4.69, 9.17) is 4.74 Å². The Kier molecular flexibility index (Phi) is 6.05. The van der Waals surface area contributed by atoms with Crippen molar-refractivity contribution in [2.24, 2.45) is 0 Å². The van der Waals surface area contributed by atoms with E-state index in [1.54, 1.807) is 0 Å². The van der Waals surface area contributed by atoms with Crippen molar-refractivity contribution in [3.8, 4) is 5.75 Å². The first kappa shape index (κ1) is 22.3. The van der Waals surface area contributed by atoms with E-state index in [-0.39, 0.29) is 17.5 Å². The predicted molar refractivity (Wildman–Crippen MR) is 132 cm³/mol. The largest absolute Gasteiger partial charge is 0.494 e. The van der Waals surface area contributed by atoms with Gasteiger partial charge in [0.2, 0.25) is 0 Å². The molecule has 0 saturated carbocycles. The Labute approximate surface area is 194 Å². The quantitative estimate of drug-likeness (QED) is 0.499. The first-order valence-electron chi connectivity index (χ1n) is 11.1. The molecule has 168 valence electrons. The van der Waals surface area contributed by atoms with E-state index >= 15 is 0 Å². The van der Waals surface area contributed by atoms with Gasteiger partial charge < -0.3 is 10.1 Å². The van der Waals surface area contributed by atoms with Gasteiger partial charge in [0.1, 0.15) is 11.4 Å². The van der Waals surface area contributed by atoms with Crippen molar-refractivity contribution in [2.75, 3.05) is 16.8 Å². The molecule has 0 spiro atoms. The predicted octanol–water partition coefficient (Wildman–Crippen LogP) is 5.72. The maximum Gasteiger partial charge on any atom is 0.282 e. The molecule has 1 aliphatic rings. The van der Waals surface area contributed by atoms with Gasteiger partial charge in [-0.15, -0.1) is 0 Å². The van der Waals surface area contributed by atoms with Gasteiger partial charge in [-0.2, -0.15) is 0 Å². The zero-order valence-corrected chi connectivity index (χ0v) is 19.7. The summed E-state index contributed by atoms with van der Waals surface area (Å²) in [6.07, 6.45) is 0. The summed E-state index contributed by atoms with van der Waals surface area (Å²) >= 11 is 0. The molecule has 0 aliphatic carbocycles. The van der Waals surface area contributed by atoms with E-state index in [0.29, 0.717) is 29.2 Å². The molecule has 2 amide bonds. The summed E-state index contributed by atoms with van der Waals surface area (Å²) in [6.45, 7) is 10.5. The number of rotatable bonds is 6. The molecule has 0 saturated heterocycles. The zero-order valence-electron chi connectivity index (χ0n) is 19.7. The number of anilines is 2. The third kappa shape index (κ3) is 4.27. The average molecular weight is 441 g/mol. The molecule has 0 radical (unpaired) electrons. The number of ether oxygens (including phenoxy) is 1. The molecule has 0 aromatic heterocycles. The molecule has 5 nitrogen and oxygen atoms in total. The van der Waals surface area contributed by atoms with Gasteiger partial charge in [-0.1, -0.05) is 35.9 Å². The summed E-state index contributed by atoms with van der Waals surface area (Å²) in [6, 6.07) is 18.8. The molecule has 33 heavy (non-hydrogen) atoms. The normalized spacial score (nSPS) is 13.7. The number of nitrogens with zero attached hydrogens (tertiary/aromatic N) is 1. The van der Waals surface area contributed by atoms with Crippen molar-refractivity contribution in [3.63, 3.8) is 0 Å². The summed E-state index contributed by atoms with van der Waals surface area (Å²) < 4.78 is 5.54. The third-order valence-corrected chi connectivity index (χ3v) is 5.93. The van der Waals surface area contributed by atoms with Crippen molar-refractivity contribution >= 4 is 28.8 Å². The van der Waals surface area contributed by atoms with E-state index in [1.807, 2.05) is 95.3 Å². The van der Waals surface area contributed by atoms with Gasteiger partial charge in [-0.25, -0.2) is 4.90 Å². The molecule has 4 rings (SSSR count). The van der Waals surface area contributed by atoms with Crippen molar-refractivity contribution in [1.29, 1.82) is 0 Å². The van der Waals surface area contributed by atoms with E-state index in [1.165, 1.54) is 4.90 Å². The van der Waals surface area contributed by atoms with E-state index in [9.17, 15) is 9.59 Å². The summed E-state index contributed by atoms with van der Waals surface area (Å²) in [5, 5.41) is 3.27. The maximum atomic E-state index is 13.6. The molecule has 0 atom stereocenters. The lowest BCUT2D eigenvalue weighted by Gasteiger charge is -2.17. The maximum absolute atomic E-state index is 13.6. The highest BCUT2D eigenvalue weighted by Crippen LogP contribution is 2.35. The molecule has 1 heterocycles. The molecule has 0 fully saturated rings. The van der Waals surface area contributed by atoms with Crippen LogP contribution < -0.4 is 15.0 Å². The van der Waals surface area contributed by atoms with Crippen LogP contribution in [0.1, 0.15) is 34.7 Å². The highest BCUT2D eigenvalue weighted by atomic mass is 16.5. The number of nitrogens with one attached hydrogen (secondary N) is 1. The van der Waals surface area contributed by atoms with Crippen LogP contribution in [0.2, 0.25) is 0 Å². The van der Waals surface area contributed by atoms with Crippen molar-refractivity contribution in [3.05, 3.63) is 94.2 Å². The second kappa shape index (κ2) is 8.94. The Morgan fingerprint density at radius 2 is 1.52 bits per heavy atom. The molecular weight excluding hydrogens is 412 g/mol. The number of carbonyl (C=O) groups excluding carboxylic acids is 2. The van der Waals surface area contributed by atoms with Gasteiger partial charge >= 0.3 is 0 Å². The highest BCUT2D eigenvalue weighted by molar-refractivity contribution is 6.46. The molecule has 3 aromatic rings. The Balaban J connectivity index is 1.82. The minimum Gasteiger partial charge on any atom is -0.494 e. The Morgan fingerprint density at radius 1 is 0.788 bits per heavy atom. The molecule has 1 aliphatic heterocycles. The van der Waals surface area contributed by atoms with Gasteiger partial charge in [0.15, 0.2) is 0 Å². The van der Waals surface area contributed by atoms with Crippen LogP contribution in [0.3, 0.4) is 0 Å². The molecule has 1 N–H and O–H groups in total. The van der Waals surface area contributed by atoms with E-state index in [2.05, 4.69) is 5.32 Å². The second-order valence-corrected chi connectivity index (χ2v) is 8.37. The number of hydrogen-bond acceptors (Lipinski definition) is 4. The van der Waals surface area contributed by atoms with Crippen molar-refractivity contribution in [2.45, 2.75) is 34.6 Å². The fraction of sp³-hybridized carbons (Fsp3) is 0.214. The molecule has 5 heteroatoms. The first-order chi connectivity index (χ1) is 15.8. The van der Waals surface area contributed by atoms with Crippen molar-refractivity contribution in [1.82, 2.24) is 0 Å². The lowest BCUT2D eigenvalue weighted by atomic mass is 10.0. The monoisotopic (exact) mass is 440 g/mol. The summed E-state index contributed by atoms with van der Waals surface area (Å²) in [5.74, 6) is 0.000293. The zero-order chi connectivity index (χ0) is 23.7. The SMILES string of the molecule is CCOc1ccc(C2=C(Nc3ccc(C)cc3C)C(=O)N(c3ccc(C)c(C)c3)C2=O)cc1. The van der Waals surface area contributed by atoms with Gasteiger partial charge in [0.25, 0.3) is 11.8 Å². The van der Waals surface area contributed by atoms with Crippen LogP contribution in [-0.4, -0.2) is 18.4 Å². The van der Waals surface area contributed by atoms with Crippen LogP contribution >= 0.6 is 0 Å². The van der Waals surface area contributed by atoms with Gasteiger partial charge in [-0.05, 0) is 87.2 Å². The second-order valence-electron chi connectivity index (χ2n) is 8.37. The van der Waals surface area contributed by atoms with Crippen molar-refractivity contribution < 1.29 is 14.3 Å². The minimum atomic E-state index is -0.368. The van der Waals surface area contributed by atoms with Gasteiger partial charge in [-0.3, -0.25) is 9.59 Å². The standard InChI is InChI=1S/C28H28N2O3/c1-6-33-23-12-9-21(10-13-23)25-26(29-24-14-7-17(2)15-20(24)5)28(32)30(27(25)31)22-11-8-18(3)19(4)16-22/h7-16,29H,6H2,1-5H3. The number of benzene rings is 3. The summed E-state index contributed by atoms with van der Waals surface area (Å²) in [7, 11) is 0. The van der Waals surface area contributed by atoms with Crippen LogP contribution in [-0.2, 0) is 9.59 Å². The summed E-state index contributed by atoms with van der Waals surface area (Å²) in [4.78, 5) is 28.5. The molecule has 0 unspecified atom stereocenters. The average Bonchev–Trinajstić information content (AvgIpc) is 3.02. The Hall–Kier alpha value is -3.86. The number of amides is 2. The van der Waals surface area contributed by atoms with E-state index < -0.39 is 0 Å².